The van der Waals surface area contributed by atoms with Gasteiger partial charge in [-0.1, -0.05) is 11.6 Å². The van der Waals surface area contributed by atoms with Crippen LogP contribution in [-0.4, -0.2) is 54.7 Å². The Morgan fingerprint density at radius 2 is 2.18 bits per heavy atom. The lowest BCUT2D eigenvalue weighted by atomic mass is 10.1. The highest BCUT2D eigenvalue weighted by atomic mass is 35.5. The zero-order valence-corrected chi connectivity index (χ0v) is 13.2. The average molecular weight is 328 g/mol. The molecular formula is C15H19ClFN3O2. The van der Waals surface area contributed by atoms with Crippen LogP contribution < -0.4 is 4.90 Å². The number of halogens is 2. The third kappa shape index (κ3) is 2.90. The van der Waals surface area contributed by atoms with Crippen LogP contribution in [-0.2, 0) is 9.53 Å². The largest absolute Gasteiger partial charge is 0.380 e. The Hall–Kier alpha value is -1.40. The average Bonchev–Trinajstić information content (AvgIpc) is 3.16. The molecule has 22 heavy (non-hydrogen) atoms. The number of carbonyl (C=O) groups is 1. The summed E-state index contributed by atoms with van der Waals surface area (Å²) in [6.07, 6.45) is 3.90. The van der Waals surface area contributed by atoms with Crippen molar-refractivity contribution in [2.24, 2.45) is 0 Å². The second-order valence-electron chi connectivity index (χ2n) is 5.75. The van der Waals surface area contributed by atoms with Crippen molar-refractivity contribution in [2.45, 2.75) is 31.4 Å². The molecule has 2 aliphatic rings. The molecule has 1 amide bonds. The Balaban J connectivity index is 1.87. The fraction of sp³-hybridized carbons (Fsp3) is 0.600. The number of ether oxygens (including phenoxy) is 1. The molecule has 1 aromatic heterocycles. The zero-order chi connectivity index (χ0) is 15.7. The first-order valence-corrected chi connectivity index (χ1v) is 7.87. The van der Waals surface area contributed by atoms with Crippen molar-refractivity contribution in [1.82, 2.24) is 9.88 Å². The molecule has 0 bridgehead atoms. The van der Waals surface area contributed by atoms with E-state index in [1.54, 1.807) is 12.0 Å². The van der Waals surface area contributed by atoms with Gasteiger partial charge >= 0.3 is 0 Å². The van der Waals surface area contributed by atoms with Crippen molar-refractivity contribution in [3.8, 4) is 0 Å². The van der Waals surface area contributed by atoms with E-state index in [2.05, 4.69) is 4.98 Å². The van der Waals surface area contributed by atoms with Gasteiger partial charge in [0.25, 0.3) is 0 Å². The molecule has 1 aromatic rings. The molecule has 2 fully saturated rings. The molecule has 0 N–H and O–H groups in total. The number of hydrogen-bond acceptors (Lipinski definition) is 4. The first kappa shape index (κ1) is 15.5. The van der Waals surface area contributed by atoms with E-state index in [0.717, 1.165) is 25.9 Å². The van der Waals surface area contributed by atoms with Gasteiger partial charge in [-0.05, 0) is 18.9 Å². The van der Waals surface area contributed by atoms with Crippen LogP contribution in [0.5, 0.6) is 0 Å². The molecule has 2 aliphatic heterocycles. The third-order valence-corrected chi connectivity index (χ3v) is 4.57. The second kappa shape index (κ2) is 6.38. The Kier molecular flexibility index (Phi) is 4.49. The fourth-order valence-electron chi connectivity index (χ4n) is 3.20. The van der Waals surface area contributed by atoms with Crippen LogP contribution >= 0.6 is 11.6 Å². The number of amides is 1. The SMILES string of the molecule is CO[C@H]1C[C@@H](C(=O)N2CCCC2)N(c2ncc(Cl)cc2F)C1. The van der Waals surface area contributed by atoms with Crippen LogP contribution in [0.2, 0.25) is 5.02 Å². The lowest BCUT2D eigenvalue weighted by Gasteiger charge is -2.28. The third-order valence-electron chi connectivity index (χ3n) is 4.36. The van der Waals surface area contributed by atoms with E-state index in [1.165, 1.54) is 12.3 Å². The van der Waals surface area contributed by atoms with Crippen molar-refractivity contribution in [1.29, 1.82) is 0 Å². The first-order chi connectivity index (χ1) is 10.6. The monoisotopic (exact) mass is 327 g/mol. The number of carbonyl (C=O) groups excluding carboxylic acids is 1. The number of methoxy groups -OCH3 is 1. The normalized spacial score (nSPS) is 25.0. The van der Waals surface area contributed by atoms with Gasteiger partial charge in [-0.3, -0.25) is 4.79 Å². The minimum Gasteiger partial charge on any atom is -0.380 e. The van der Waals surface area contributed by atoms with E-state index in [0.29, 0.717) is 13.0 Å². The van der Waals surface area contributed by atoms with Gasteiger partial charge in [0.1, 0.15) is 6.04 Å². The minimum absolute atomic E-state index is 0.0354. The molecule has 5 nitrogen and oxygen atoms in total. The van der Waals surface area contributed by atoms with Crippen molar-refractivity contribution in [3.05, 3.63) is 23.1 Å². The van der Waals surface area contributed by atoms with E-state index in [-0.39, 0.29) is 22.9 Å². The first-order valence-electron chi connectivity index (χ1n) is 7.49. The van der Waals surface area contributed by atoms with Gasteiger partial charge in [-0.25, -0.2) is 9.37 Å². The van der Waals surface area contributed by atoms with Gasteiger partial charge < -0.3 is 14.5 Å². The zero-order valence-electron chi connectivity index (χ0n) is 12.5. The number of hydrogen-bond donors (Lipinski definition) is 0. The van der Waals surface area contributed by atoms with Crippen molar-refractivity contribution in [2.75, 3.05) is 31.6 Å². The van der Waals surface area contributed by atoms with Gasteiger partial charge in [-0.2, -0.15) is 0 Å². The number of nitrogens with zero attached hydrogens (tertiary/aromatic N) is 3. The predicted molar refractivity (Wildman–Crippen MR) is 81.6 cm³/mol. The lowest BCUT2D eigenvalue weighted by Crippen LogP contribution is -2.45. The van der Waals surface area contributed by atoms with E-state index < -0.39 is 11.9 Å². The van der Waals surface area contributed by atoms with Crippen molar-refractivity contribution < 1.29 is 13.9 Å². The van der Waals surface area contributed by atoms with Gasteiger partial charge in [0.2, 0.25) is 5.91 Å². The molecule has 0 radical (unpaired) electrons. The second-order valence-corrected chi connectivity index (χ2v) is 6.19. The van der Waals surface area contributed by atoms with E-state index in [1.807, 2.05) is 4.90 Å². The van der Waals surface area contributed by atoms with Crippen LogP contribution in [0, 0.1) is 5.82 Å². The Morgan fingerprint density at radius 3 is 2.82 bits per heavy atom. The summed E-state index contributed by atoms with van der Waals surface area (Å²) in [5, 5.41) is 0.242. The number of aromatic nitrogens is 1. The Bertz CT molecular complexity index is 566. The molecule has 0 saturated carbocycles. The molecule has 3 rings (SSSR count). The minimum atomic E-state index is -0.511. The quantitative estimate of drug-likeness (QED) is 0.853. The molecule has 0 unspecified atom stereocenters. The summed E-state index contributed by atoms with van der Waals surface area (Å²) in [4.78, 5) is 20.4. The van der Waals surface area contributed by atoms with Gasteiger partial charge in [0, 0.05) is 39.4 Å². The van der Waals surface area contributed by atoms with Crippen LogP contribution in [0.4, 0.5) is 10.2 Å². The van der Waals surface area contributed by atoms with Gasteiger partial charge in [0.15, 0.2) is 11.6 Å². The number of likely N-dealkylation sites (tertiary alicyclic amines) is 1. The highest BCUT2D eigenvalue weighted by molar-refractivity contribution is 6.30. The molecule has 7 heteroatoms. The summed E-state index contributed by atoms with van der Waals surface area (Å²) in [7, 11) is 1.61. The summed E-state index contributed by atoms with van der Waals surface area (Å²) in [6, 6.07) is 0.799. The molecule has 2 atom stereocenters. The number of pyridine rings is 1. The number of rotatable bonds is 3. The smallest absolute Gasteiger partial charge is 0.245 e. The Morgan fingerprint density at radius 1 is 1.45 bits per heavy atom. The topological polar surface area (TPSA) is 45.7 Å². The molecular weight excluding hydrogens is 309 g/mol. The maximum absolute atomic E-state index is 14.2. The van der Waals surface area contributed by atoms with Crippen LogP contribution in [0.1, 0.15) is 19.3 Å². The molecule has 0 aromatic carbocycles. The molecule has 2 saturated heterocycles. The summed E-state index contributed by atoms with van der Waals surface area (Å²) in [5.41, 5.74) is 0. The van der Waals surface area contributed by atoms with Gasteiger partial charge in [-0.15, -0.1) is 0 Å². The summed E-state index contributed by atoms with van der Waals surface area (Å²) in [6.45, 7) is 2.00. The van der Waals surface area contributed by atoms with E-state index >= 15 is 0 Å². The highest BCUT2D eigenvalue weighted by Gasteiger charge is 2.41. The fourth-order valence-corrected chi connectivity index (χ4v) is 3.35. The lowest BCUT2D eigenvalue weighted by molar-refractivity contribution is -0.131. The molecule has 0 aliphatic carbocycles. The predicted octanol–water partition coefficient (Wildman–Crippen LogP) is 2.09. The van der Waals surface area contributed by atoms with E-state index in [4.69, 9.17) is 16.3 Å². The summed E-state index contributed by atoms with van der Waals surface area (Å²) in [5.74, 6) is -0.307. The van der Waals surface area contributed by atoms with Gasteiger partial charge in [0.05, 0.1) is 11.1 Å². The Labute approximate surface area is 134 Å². The van der Waals surface area contributed by atoms with Crippen molar-refractivity contribution >= 4 is 23.3 Å². The maximum Gasteiger partial charge on any atom is 0.245 e. The van der Waals surface area contributed by atoms with Crippen LogP contribution in [0.15, 0.2) is 12.3 Å². The van der Waals surface area contributed by atoms with Crippen molar-refractivity contribution in [3.63, 3.8) is 0 Å². The molecule has 120 valence electrons. The number of anilines is 1. The summed E-state index contributed by atoms with van der Waals surface area (Å²) < 4.78 is 19.6. The van der Waals surface area contributed by atoms with Crippen LogP contribution in [0.25, 0.3) is 0 Å². The highest BCUT2D eigenvalue weighted by Crippen LogP contribution is 2.30. The van der Waals surface area contributed by atoms with E-state index in [9.17, 15) is 9.18 Å². The summed E-state index contributed by atoms with van der Waals surface area (Å²) >= 11 is 5.76. The standard InChI is InChI=1S/C15H19ClFN3O2/c1-22-11-7-13(15(21)19-4-2-3-5-19)20(9-11)14-12(17)6-10(16)8-18-14/h6,8,11,13H,2-5,7,9H2,1H3/t11-,13-/m0/s1. The van der Waals surface area contributed by atoms with Crippen LogP contribution in [0.3, 0.4) is 0 Å². The molecule has 3 heterocycles. The molecule has 0 spiro atoms. The maximum atomic E-state index is 14.2.